The van der Waals surface area contributed by atoms with E-state index in [2.05, 4.69) is 4.98 Å². The topological polar surface area (TPSA) is 92.2 Å². The van der Waals surface area contributed by atoms with E-state index in [-0.39, 0.29) is 18.5 Å². The van der Waals surface area contributed by atoms with Crippen LogP contribution in [0.1, 0.15) is 23.2 Å². The molecule has 6 nitrogen and oxygen atoms in total. The lowest BCUT2D eigenvalue weighted by molar-refractivity contribution is -0.142. The fraction of sp³-hybridized carbons (Fsp3) is 0.353. The third-order valence-corrected chi connectivity index (χ3v) is 4.38. The zero-order valence-corrected chi connectivity index (χ0v) is 12.6. The summed E-state index contributed by atoms with van der Waals surface area (Å²) >= 11 is 0. The lowest BCUT2D eigenvalue weighted by Gasteiger charge is -2.21. The number of benzene rings is 1. The summed E-state index contributed by atoms with van der Waals surface area (Å²) in [5.74, 6) is -1.44. The van der Waals surface area contributed by atoms with Gasteiger partial charge in [-0.05, 0) is 31.2 Å². The maximum Gasteiger partial charge on any atom is 0.328 e. The molecule has 0 bridgehead atoms. The predicted molar refractivity (Wildman–Crippen MR) is 84.6 cm³/mol. The van der Waals surface area contributed by atoms with E-state index < -0.39 is 17.6 Å². The molecule has 2 aromatic rings. The van der Waals surface area contributed by atoms with E-state index in [0.717, 1.165) is 5.56 Å². The van der Waals surface area contributed by atoms with Crippen molar-refractivity contribution in [3.05, 3.63) is 68.0 Å². The van der Waals surface area contributed by atoms with Crippen molar-refractivity contribution < 1.29 is 9.90 Å². The number of H-pyrrole nitrogens is 1. The summed E-state index contributed by atoms with van der Waals surface area (Å²) < 4.78 is 1.18. The molecule has 1 atom stereocenters. The number of carboxylic acid groups (broad SMARTS) is 1. The Morgan fingerprint density at radius 2 is 2.00 bits per heavy atom. The van der Waals surface area contributed by atoms with Gasteiger partial charge in [-0.15, -0.1) is 0 Å². The Bertz CT molecular complexity index is 836. The summed E-state index contributed by atoms with van der Waals surface area (Å²) in [6, 6.07) is 9.61. The number of nitrogens with one attached hydrogen (secondary N) is 1. The van der Waals surface area contributed by atoms with Gasteiger partial charge in [0, 0.05) is 17.8 Å². The second kappa shape index (κ2) is 6.24. The molecule has 120 valence electrons. The van der Waals surface area contributed by atoms with Crippen LogP contribution in [0.2, 0.25) is 0 Å². The SMILES string of the molecule is O=C(O)C1CCc2[nH]c(=O)n(CCc3ccccc3)c(=O)c2C1. The summed E-state index contributed by atoms with van der Waals surface area (Å²) in [5.41, 5.74) is 1.30. The zero-order valence-electron chi connectivity index (χ0n) is 12.6. The molecule has 0 saturated heterocycles. The van der Waals surface area contributed by atoms with E-state index in [9.17, 15) is 14.4 Å². The first-order chi connectivity index (χ1) is 11.1. The molecule has 1 aromatic heterocycles. The minimum absolute atomic E-state index is 0.186. The van der Waals surface area contributed by atoms with Crippen molar-refractivity contribution in [3.63, 3.8) is 0 Å². The van der Waals surface area contributed by atoms with Gasteiger partial charge >= 0.3 is 11.7 Å². The van der Waals surface area contributed by atoms with Gasteiger partial charge in [-0.25, -0.2) is 4.79 Å². The Kier molecular flexibility index (Phi) is 4.14. The Labute approximate surface area is 132 Å². The Hall–Kier alpha value is -2.63. The largest absolute Gasteiger partial charge is 0.481 e. The van der Waals surface area contributed by atoms with Gasteiger partial charge in [0.2, 0.25) is 0 Å². The van der Waals surface area contributed by atoms with Crippen molar-refractivity contribution >= 4 is 5.97 Å². The first-order valence-corrected chi connectivity index (χ1v) is 7.68. The third-order valence-electron chi connectivity index (χ3n) is 4.38. The summed E-state index contributed by atoms with van der Waals surface area (Å²) in [7, 11) is 0. The Balaban J connectivity index is 1.90. The number of carboxylic acids is 1. The van der Waals surface area contributed by atoms with Crippen molar-refractivity contribution in [2.45, 2.75) is 32.2 Å². The van der Waals surface area contributed by atoms with Gasteiger partial charge in [-0.2, -0.15) is 0 Å². The van der Waals surface area contributed by atoms with Gasteiger partial charge in [0.1, 0.15) is 0 Å². The monoisotopic (exact) mass is 314 g/mol. The highest BCUT2D eigenvalue weighted by atomic mass is 16.4. The van der Waals surface area contributed by atoms with Crippen LogP contribution in [-0.4, -0.2) is 20.6 Å². The maximum absolute atomic E-state index is 12.6. The standard InChI is InChI=1S/C17H18N2O4/c20-15-13-10-12(16(21)22)6-7-14(13)18-17(23)19(15)9-8-11-4-2-1-3-5-11/h1-5,12H,6-10H2,(H,18,23)(H,21,22). The molecule has 23 heavy (non-hydrogen) atoms. The first kappa shape index (κ1) is 15.3. The van der Waals surface area contributed by atoms with E-state index in [1.807, 2.05) is 30.3 Å². The van der Waals surface area contributed by atoms with Crippen LogP contribution in [-0.2, 0) is 30.6 Å². The fourth-order valence-electron chi connectivity index (χ4n) is 3.05. The number of aryl methyl sites for hydroxylation is 2. The van der Waals surface area contributed by atoms with Crippen molar-refractivity contribution in [3.8, 4) is 0 Å². The Morgan fingerprint density at radius 3 is 2.70 bits per heavy atom. The molecule has 1 aromatic carbocycles. The van der Waals surface area contributed by atoms with E-state index in [1.165, 1.54) is 4.57 Å². The number of fused-ring (bicyclic) bond motifs is 1. The van der Waals surface area contributed by atoms with Gasteiger partial charge in [-0.1, -0.05) is 30.3 Å². The number of carbonyl (C=O) groups is 1. The molecular weight excluding hydrogens is 296 g/mol. The fourth-order valence-corrected chi connectivity index (χ4v) is 3.05. The van der Waals surface area contributed by atoms with E-state index in [0.29, 0.717) is 30.5 Å². The molecule has 6 heteroatoms. The quantitative estimate of drug-likeness (QED) is 0.879. The highest BCUT2D eigenvalue weighted by molar-refractivity contribution is 5.70. The molecule has 2 N–H and O–H groups in total. The third kappa shape index (κ3) is 3.11. The number of nitrogens with zero attached hydrogens (tertiary/aromatic N) is 1. The molecule has 0 saturated carbocycles. The smallest absolute Gasteiger partial charge is 0.328 e. The zero-order chi connectivity index (χ0) is 16.4. The van der Waals surface area contributed by atoms with Gasteiger partial charge < -0.3 is 10.1 Å². The lowest BCUT2D eigenvalue weighted by Crippen LogP contribution is -2.41. The summed E-state index contributed by atoms with van der Waals surface area (Å²) in [6.07, 6.45) is 1.64. The van der Waals surface area contributed by atoms with Crippen LogP contribution >= 0.6 is 0 Å². The van der Waals surface area contributed by atoms with E-state index >= 15 is 0 Å². The minimum Gasteiger partial charge on any atom is -0.481 e. The number of aromatic amines is 1. The van der Waals surface area contributed by atoms with Crippen LogP contribution in [0.15, 0.2) is 39.9 Å². The van der Waals surface area contributed by atoms with Crippen LogP contribution in [0.4, 0.5) is 0 Å². The van der Waals surface area contributed by atoms with Crippen molar-refractivity contribution in [2.24, 2.45) is 5.92 Å². The average Bonchev–Trinajstić information content (AvgIpc) is 2.55. The molecule has 1 heterocycles. The van der Waals surface area contributed by atoms with Crippen LogP contribution in [0, 0.1) is 5.92 Å². The van der Waals surface area contributed by atoms with Crippen molar-refractivity contribution in [1.82, 2.24) is 9.55 Å². The molecule has 3 rings (SSSR count). The minimum atomic E-state index is -0.892. The summed E-state index contributed by atoms with van der Waals surface area (Å²) in [5, 5.41) is 9.15. The van der Waals surface area contributed by atoms with Crippen LogP contribution < -0.4 is 11.2 Å². The number of aliphatic carboxylic acids is 1. The number of aromatic nitrogens is 2. The maximum atomic E-state index is 12.6. The van der Waals surface area contributed by atoms with Gasteiger partial charge in [0.15, 0.2) is 0 Å². The predicted octanol–water partition coefficient (Wildman–Crippen LogP) is 0.969. The van der Waals surface area contributed by atoms with E-state index in [1.54, 1.807) is 0 Å². The average molecular weight is 314 g/mol. The highest BCUT2D eigenvalue weighted by Crippen LogP contribution is 2.21. The molecule has 1 aliphatic rings. The highest BCUT2D eigenvalue weighted by Gasteiger charge is 2.27. The molecule has 1 aliphatic carbocycles. The molecule has 0 spiro atoms. The van der Waals surface area contributed by atoms with Crippen LogP contribution in [0.5, 0.6) is 0 Å². The van der Waals surface area contributed by atoms with Crippen molar-refractivity contribution in [2.75, 3.05) is 0 Å². The summed E-state index contributed by atoms with van der Waals surface area (Å²) in [6.45, 7) is 0.281. The Morgan fingerprint density at radius 1 is 1.26 bits per heavy atom. The molecule has 0 fully saturated rings. The first-order valence-electron chi connectivity index (χ1n) is 7.68. The molecule has 0 aliphatic heterocycles. The van der Waals surface area contributed by atoms with Gasteiger partial charge in [-0.3, -0.25) is 14.2 Å². The normalized spacial score (nSPS) is 16.8. The number of hydrogen-bond donors (Lipinski definition) is 2. The summed E-state index contributed by atoms with van der Waals surface area (Å²) in [4.78, 5) is 38.6. The number of rotatable bonds is 4. The molecule has 1 unspecified atom stereocenters. The van der Waals surface area contributed by atoms with Crippen molar-refractivity contribution in [1.29, 1.82) is 0 Å². The van der Waals surface area contributed by atoms with Crippen LogP contribution in [0.25, 0.3) is 0 Å². The van der Waals surface area contributed by atoms with Gasteiger partial charge in [0.05, 0.1) is 5.92 Å². The molecule has 0 amide bonds. The van der Waals surface area contributed by atoms with Crippen LogP contribution in [0.3, 0.4) is 0 Å². The molecular formula is C17H18N2O4. The molecule has 0 radical (unpaired) electrons. The number of hydrogen-bond acceptors (Lipinski definition) is 3. The lowest BCUT2D eigenvalue weighted by atomic mass is 9.87. The second-order valence-electron chi connectivity index (χ2n) is 5.86. The van der Waals surface area contributed by atoms with Gasteiger partial charge in [0.25, 0.3) is 5.56 Å². The van der Waals surface area contributed by atoms with E-state index in [4.69, 9.17) is 5.11 Å². The second-order valence-corrected chi connectivity index (χ2v) is 5.86.